The van der Waals surface area contributed by atoms with Gasteiger partial charge in [-0.1, -0.05) is 6.92 Å². The molecular formula is C13H23N3S. The topological polar surface area (TPSA) is 28.2 Å². The summed E-state index contributed by atoms with van der Waals surface area (Å²) in [5, 5.41) is 6.92. The highest BCUT2D eigenvalue weighted by molar-refractivity contribution is 7.09. The standard InChI is InChI=1S/C13H23N3S/c1-10(6-14-12-4-5-12)7-16(3)8-13-9-17-11(2)15-13/h9-10,12,14H,4-8H2,1-3H3. The van der Waals surface area contributed by atoms with Gasteiger partial charge in [0.1, 0.15) is 0 Å². The van der Waals surface area contributed by atoms with Crippen LogP contribution in [0.3, 0.4) is 0 Å². The van der Waals surface area contributed by atoms with Crippen molar-refractivity contribution in [2.45, 2.75) is 39.3 Å². The summed E-state index contributed by atoms with van der Waals surface area (Å²) < 4.78 is 0. The van der Waals surface area contributed by atoms with E-state index in [0.717, 1.165) is 30.7 Å². The SMILES string of the molecule is Cc1nc(CN(C)CC(C)CNC2CC2)cs1. The first-order valence-electron chi connectivity index (χ1n) is 6.46. The van der Waals surface area contributed by atoms with Crippen LogP contribution in [0.5, 0.6) is 0 Å². The zero-order valence-corrected chi connectivity index (χ0v) is 11.9. The normalized spacial score (nSPS) is 17.6. The molecule has 1 aromatic heterocycles. The predicted molar refractivity (Wildman–Crippen MR) is 73.4 cm³/mol. The highest BCUT2D eigenvalue weighted by Crippen LogP contribution is 2.19. The Kier molecular flexibility index (Phi) is 4.54. The molecule has 1 unspecified atom stereocenters. The molecule has 1 aliphatic carbocycles. The van der Waals surface area contributed by atoms with Gasteiger partial charge in [-0.15, -0.1) is 11.3 Å². The Morgan fingerprint density at radius 2 is 2.35 bits per heavy atom. The summed E-state index contributed by atoms with van der Waals surface area (Å²) in [5.41, 5.74) is 1.21. The van der Waals surface area contributed by atoms with Crippen LogP contribution in [0.15, 0.2) is 5.38 Å². The summed E-state index contributed by atoms with van der Waals surface area (Å²) in [6.07, 6.45) is 2.75. The molecule has 96 valence electrons. The maximum absolute atomic E-state index is 4.50. The Hall–Kier alpha value is -0.450. The maximum Gasteiger partial charge on any atom is 0.0897 e. The minimum atomic E-state index is 0.709. The first-order chi connectivity index (χ1) is 8.13. The first-order valence-corrected chi connectivity index (χ1v) is 7.34. The number of hydrogen-bond acceptors (Lipinski definition) is 4. The number of hydrogen-bond donors (Lipinski definition) is 1. The van der Waals surface area contributed by atoms with Gasteiger partial charge in [0, 0.05) is 24.5 Å². The van der Waals surface area contributed by atoms with Crippen molar-refractivity contribution >= 4 is 11.3 Å². The first kappa shape index (κ1) is 13.0. The van der Waals surface area contributed by atoms with Gasteiger partial charge in [-0.25, -0.2) is 4.98 Å². The molecule has 1 N–H and O–H groups in total. The van der Waals surface area contributed by atoms with Crippen molar-refractivity contribution < 1.29 is 0 Å². The maximum atomic E-state index is 4.50. The third-order valence-electron chi connectivity index (χ3n) is 3.05. The van der Waals surface area contributed by atoms with Gasteiger partial charge in [-0.05, 0) is 39.3 Å². The molecule has 1 fully saturated rings. The molecule has 0 radical (unpaired) electrons. The Labute approximate surface area is 108 Å². The summed E-state index contributed by atoms with van der Waals surface area (Å²) in [6, 6.07) is 0.823. The Balaban J connectivity index is 1.66. The second-order valence-electron chi connectivity index (χ2n) is 5.34. The second kappa shape index (κ2) is 5.94. The van der Waals surface area contributed by atoms with Crippen molar-refractivity contribution in [2.24, 2.45) is 5.92 Å². The molecule has 1 saturated carbocycles. The molecular weight excluding hydrogens is 230 g/mol. The number of nitrogens with zero attached hydrogens (tertiary/aromatic N) is 2. The average Bonchev–Trinajstić information content (AvgIpc) is 3.00. The summed E-state index contributed by atoms with van der Waals surface area (Å²) >= 11 is 1.74. The lowest BCUT2D eigenvalue weighted by atomic mass is 10.1. The van der Waals surface area contributed by atoms with Crippen molar-refractivity contribution in [1.29, 1.82) is 0 Å². The molecule has 17 heavy (non-hydrogen) atoms. The summed E-state index contributed by atoms with van der Waals surface area (Å²) in [4.78, 5) is 6.87. The van der Waals surface area contributed by atoms with E-state index in [1.165, 1.54) is 18.5 Å². The van der Waals surface area contributed by atoms with Gasteiger partial charge in [0.15, 0.2) is 0 Å². The molecule has 0 amide bonds. The molecule has 0 aliphatic heterocycles. The van der Waals surface area contributed by atoms with E-state index in [1.54, 1.807) is 11.3 Å². The molecule has 4 heteroatoms. The second-order valence-corrected chi connectivity index (χ2v) is 6.40. The fourth-order valence-electron chi connectivity index (χ4n) is 2.07. The van der Waals surface area contributed by atoms with Gasteiger partial charge < -0.3 is 10.2 Å². The molecule has 3 nitrogen and oxygen atoms in total. The average molecular weight is 253 g/mol. The number of aromatic nitrogens is 1. The molecule has 1 aliphatic rings. The smallest absolute Gasteiger partial charge is 0.0897 e. The lowest BCUT2D eigenvalue weighted by Gasteiger charge is -2.20. The van der Waals surface area contributed by atoms with Crippen molar-refractivity contribution in [3.63, 3.8) is 0 Å². The number of thiazole rings is 1. The number of rotatable bonds is 7. The van der Waals surface area contributed by atoms with Crippen LogP contribution in [0.25, 0.3) is 0 Å². The van der Waals surface area contributed by atoms with Crippen molar-refractivity contribution in [1.82, 2.24) is 15.2 Å². The zero-order chi connectivity index (χ0) is 12.3. The third kappa shape index (κ3) is 4.74. The van der Waals surface area contributed by atoms with Crippen LogP contribution in [0, 0.1) is 12.8 Å². The largest absolute Gasteiger partial charge is 0.314 e. The lowest BCUT2D eigenvalue weighted by molar-refractivity contribution is 0.271. The third-order valence-corrected chi connectivity index (χ3v) is 3.88. The Morgan fingerprint density at radius 1 is 1.59 bits per heavy atom. The fraction of sp³-hybridized carbons (Fsp3) is 0.769. The van der Waals surface area contributed by atoms with Gasteiger partial charge in [-0.2, -0.15) is 0 Å². The molecule has 1 aromatic rings. The minimum Gasteiger partial charge on any atom is -0.314 e. The van der Waals surface area contributed by atoms with Crippen LogP contribution < -0.4 is 5.32 Å². The van der Waals surface area contributed by atoms with Crippen LogP contribution >= 0.6 is 11.3 Å². The quantitative estimate of drug-likeness (QED) is 0.808. The number of aryl methyl sites for hydroxylation is 1. The minimum absolute atomic E-state index is 0.709. The monoisotopic (exact) mass is 253 g/mol. The predicted octanol–water partition coefficient (Wildman–Crippen LogP) is 2.27. The van der Waals surface area contributed by atoms with E-state index < -0.39 is 0 Å². The fourth-order valence-corrected chi connectivity index (χ4v) is 2.68. The van der Waals surface area contributed by atoms with Gasteiger partial charge in [0.25, 0.3) is 0 Å². The molecule has 0 saturated heterocycles. The van der Waals surface area contributed by atoms with E-state index in [9.17, 15) is 0 Å². The summed E-state index contributed by atoms with van der Waals surface area (Å²) in [6.45, 7) is 7.63. The molecule has 0 bridgehead atoms. The molecule has 1 heterocycles. The van der Waals surface area contributed by atoms with Crippen LogP contribution in [-0.2, 0) is 6.54 Å². The molecule has 0 spiro atoms. The van der Waals surface area contributed by atoms with Gasteiger partial charge in [0.2, 0.25) is 0 Å². The summed E-state index contributed by atoms with van der Waals surface area (Å²) in [7, 11) is 2.18. The van der Waals surface area contributed by atoms with Gasteiger partial charge in [-0.3, -0.25) is 0 Å². The van der Waals surface area contributed by atoms with Crippen LogP contribution in [0.1, 0.15) is 30.5 Å². The van der Waals surface area contributed by atoms with E-state index >= 15 is 0 Å². The number of nitrogens with one attached hydrogen (secondary N) is 1. The van der Waals surface area contributed by atoms with E-state index in [0.29, 0.717) is 5.92 Å². The molecule has 2 rings (SSSR count). The van der Waals surface area contributed by atoms with Gasteiger partial charge >= 0.3 is 0 Å². The van der Waals surface area contributed by atoms with Crippen molar-refractivity contribution in [3.8, 4) is 0 Å². The summed E-state index contributed by atoms with van der Waals surface area (Å²) in [5.74, 6) is 0.709. The zero-order valence-electron chi connectivity index (χ0n) is 11.1. The molecule has 0 aromatic carbocycles. The highest BCUT2D eigenvalue weighted by Gasteiger charge is 2.21. The van der Waals surface area contributed by atoms with E-state index in [1.807, 2.05) is 0 Å². The molecule has 1 atom stereocenters. The Bertz CT molecular complexity index is 346. The van der Waals surface area contributed by atoms with E-state index in [4.69, 9.17) is 0 Å². The van der Waals surface area contributed by atoms with Crippen LogP contribution in [-0.4, -0.2) is 36.1 Å². The lowest BCUT2D eigenvalue weighted by Crippen LogP contribution is -2.31. The van der Waals surface area contributed by atoms with E-state index in [2.05, 4.69) is 41.5 Å². The van der Waals surface area contributed by atoms with E-state index in [-0.39, 0.29) is 0 Å². The van der Waals surface area contributed by atoms with Crippen LogP contribution in [0.4, 0.5) is 0 Å². The van der Waals surface area contributed by atoms with Gasteiger partial charge in [0.05, 0.1) is 10.7 Å². The highest BCUT2D eigenvalue weighted by atomic mass is 32.1. The van der Waals surface area contributed by atoms with Crippen molar-refractivity contribution in [3.05, 3.63) is 16.1 Å². The van der Waals surface area contributed by atoms with Crippen molar-refractivity contribution in [2.75, 3.05) is 20.1 Å². The Morgan fingerprint density at radius 3 is 2.94 bits per heavy atom. The van der Waals surface area contributed by atoms with Crippen LogP contribution in [0.2, 0.25) is 0 Å².